The fraction of sp³-hybridized carbons (Fsp3) is 0.267. The zero-order valence-corrected chi connectivity index (χ0v) is 11.6. The quantitative estimate of drug-likeness (QED) is 0.730. The fourth-order valence-electron chi connectivity index (χ4n) is 2.03. The van der Waals surface area contributed by atoms with Crippen molar-refractivity contribution in [3.05, 3.63) is 47.9 Å². The summed E-state index contributed by atoms with van der Waals surface area (Å²) in [6.45, 7) is 2.05. The summed E-state index contributed by atoms with van der Waals surface area (Å²) in [4.78, 5) is 11.5. The van der Waals surface area contributed by atoms with Crippen LogP contribution in [0.4, 0.5) is 11.4 Å². The van der Waals surface area contributed by atoms with Gasteiger partial charge in [0.05, 0.1) is 17.6 Å². The molecule has 5 heteroatoms. The Hall–Kier alpha value is -2.43. The molecule has 4 N–H and O–H groups in total. The molecule has 1 atom stereocenters. The third-order valence-electron chi connectivity index (χ3n) is 3.03. The molecule has 2 rings (SSSR count). The van der Waals surface area contributed by atoms with Crippen molar-refractivity contribution in [2.24, 2.45) is 0 Å². The molecule has 0 aliphatic rings. The zero-order chi connectivity index (χ0) is 14.5. The number of amides is 1. The van der Waals surface area contributed by atoms with Gasteiger partial charge in [0.2, 0.25) is 0 Å². The van der Waals surface area contributed by atoms with Crippen molar-refractivity contribution in [2.75, 3.05) is 18.1 Å². The smallest absolute Gasteiger partial charge is 0.251 e. The highest BCUT2D eigenvalue weighted by Gasteiger charge is 2.10. The molecule has 1 aromatic heterocycles. The lowest BCUT2D eigenvalue weighted by Crippen LogP contribution is -2.20. The maximum atomic E-state index is 11.5. The molecular formula is C15H19N3O2. The Bertz CT molecular complexity index is 579. The molecule has 2 aromatic rings. The number of hydrogen-bond acceptors (Lipinski definition) is 4. The van der Waals surface area contributed by atoms with Gasteiger partial charge in [-0.1, -0.05) is 0 Å². The monoisotopic (exact) mass is 273 g/mol. The second-order valence-electron chi connectivity index (χ2n) is 4.71. The van der Waals surface area contributed by atoms with E-state index in [4.69, 9.17) is 10.2 Å². The summed E-state index contributed by atoms with van der Waals surface area (Å²) in [5.74, 6) is 0.775. The van der Waals surface area contributed by atoms with Gasteiger partial charge in [-0.3, -0.25) is 4.79 Å². The molecule has 0 saturated heterocycles. The minimum atomic E-state index is -0.146. The van der Waals surface area contributed by atoms with Crippen molar-refractivity contribution < 1.29 is 9.21 Å². The number of benzene rings is 1. The molecule has 0 spiro atoms. The van der Waals surface area contributed by atoms with Crippen molar-refractivity contribution in [2.45, 2.75) is 19.4 Å². The average Bonchev–Trinajstić information content (AvgIpc) is 2.93. The van der Waals surface area contributed by atoms with E-state index in [0.717, 1.165) is 17.9 Å². The van der Waals surface area contributed by atoms with Crippen LogP contribution in [0.25, 0.3) is 0 Å². The third kappa shape index (κ3) is 3.32. The first-order valence-electron chi connectivity index (χ1n) is 6.50. The molecule has 0 radical (unpaired) electrons. The van der Waals surface area contributed by atoms with Gasteiger partial charge in [-0.2, -0.15) is 0 Å². The maximum absolute atomic E-state index is 11.5. The minimum absolute atomic E-state index is 0.146. The van der Waals surface area contributed by atoms with Gasteiger partial charge >= 0.3 is 0 Å². The summed E-state index contributed by atoms with van der Waals surface area (Å²) in [6, 6.07) is 9.22. The SMILES string of the molecule is CNC(=O)c1ccc(NC(C)Cc2ccco2)c(N)c1. The molecule has 0 aliphatic heterocycles. The van der Waals surface area contributed by atoms with Crippen molar-refractivity contribution in [1.29, 1.82) is 0 Å². The number of nitrogen functional groups attached to an aromatic ring is 1. The van der Waals surface area contributed by atoms with Crippen molar-refractivity contribution in [3.8, 4) is 0 Å². The van der Waals surface area contributed by atoms with Crippen LogP contribution in [0, 0.1) is 0 Å². The van der Waals surface area contributed by atoms with Crippen LogP contribution in [0.15, 0.2) is 41.0 Å². The molecule has 106 valence electrons. The predicted molar refractivity (Wildman–Crippen MR) is 79.7 cm³/mol. The summed E-state index contributed by atoms with van der Waals surface area (Å²) in [5.41, 5.74) is 7.89. The summed E-state index contributed by atoms with van der Waals surface area (Å²) in [6.07, 6.45) is 2.43. The third-order valence-corrected chi connectivity index (χ3v) is 3.03. The Morgan fingerprint density at radius 3 is 2.80 bits per heavy atom. The molecule has 1 aromatic carbocycles. The Balaban J connectivity index is 2.04. The molecule has 5 nitrogen and oxygen atoms in total. The lowest BCUT2D eigenvalue weighted by Gasteiger charge is -2.16. The van der Waals surface area contributed by atoms with Crippen LogP contribution in [-0.4, -0.2) is 19.0 Å². The first kappa shape index (κ1) is 14.0. The van der Waals surface area contributed by atoms with Crippen LogP contribution in [0.2, 0.25) is 0 Å². The Morgan fingerprint density at radius 2 is 2.20 bits per heavy atom. The minimum Gasteiger partial charge on any atom is -0.469 e. The van der Waals surface area contributed by atoms with E-state index in [1.807, 2.05) is 18.2 Å². The number of carbonyl (C=O) groups excluding carboxylic acids is 1. The fourth-order valence-corrected chi connectivity index (χ4v) is 2.03. The van der Waals surface area contributed by atoms with E-state index < -0.39 is 0 Å². The van der Waals surface area contributed by atoms with Crippen LogP contribution in [0.3, 0.4) is 0 Å². The first-order valence-corrected chi connectivity index (χ1v) is 6.50. The largest absolute Gasteiger partial charge is 0.469 e. The highest BCUT2D eigenvalue weighted by atomic mass is 16.3. The Kier molecular flexibility index (Phi) is 4.30. The Labute approximate surface area is 118 Å². The molecule has 0 fully saturated rings. The normalized spacial score (nSPS) is 11.9. The highest BCUT2D eigenvalue weighted by molar-refractivity contribution is 5.95. The van der Waals surface area contributed by atoms with Crippen LogP contribution >= 0.6 is 0 Å². The molecule has 20 heavy (non-hydrogen) atoms. The second kappa shape index (κ2) is 6.14. The molecule has 1 heterocycles. The first-order chi connectivity index (χ1) is 9.60. The van der Waals surface area contributed by atoms with Crippen LogP contribution < -0.4 is 16.4 Å². The lowest BCUT2D eigenvalue weighted by atomic mass is 10.1. The van der Waals surface area contributed by atoms with Gasteiger partial charge < -0.3 is 20.8 Å². The van der Waals surface area contributed by atoms with Crippen molar-refractivity contribution >= 4 is 17.3 Å². The summed E-state index contributed by atoms with van der Waals surface area (Å²) >= 11 is 0. The van der Waals surface area contributed by atoms with Crippen LogP contribution in [0.1, 0.15) is 23.0 Å². The van der Waals surface area contributed by atoms with E-state index >= 15 is 0 Å². The van der Waals surface area contributed by atoms with E-state index in [-0.39, 0.29) is 11.9 Å². The van der Waals surface area contributed by atoms with E-state index in [9.17, 15) is 4.79 Å². The van der Waals surface area contributed by atoms with Gasteiger partial charge in [-0.05, 0) is 37.3 Å². The zero-order valence-electron chi connectivity index (χ0n) is 11.6. The average molecular weight is 273 g/mol. The van der Waals surface area contributed by atoms with Crippen LogP contribution in [0.5, 0.6) is 0 Å². The number of nitrogens with two attached hydrogens (primary N) is 1. The van der Waals surface area contributed by atoms with Gasteiger partial charge in [-0.15, -0.1) is 0 Å². The molecule has 0 bridgehead atoms. The van der Waals surface area contributed by atoms with Crippen molar-refractivity contribution in [1.82, 2.24) is 5.32 Å². The summed E-state index contributed by atoms with van der Waals surface area (Å²) in [5, 5.41) is 5.89. The Morgan fingerprint density at radius 1 is 1.40 bits per heavy atom. The van der Waals surface area contributed by atoms with Crippen LogP contribution in [-0.2, 0) is 6.42 Å². The van der Waals surface area contributed by atoms with Crippen molar-refractivity contribution in [3.63, 3.8) is 0 Å². The van der Waals surface area contributed by atoms with E-state index in [0.29, 0.717) is 11.3 Å². The molecule has 1 amide bonds. The van der Waals surface area contributed by atoms with Gasteiger partial charge in [-0.25, -0.2) is 0 Å². The number of carbonyl (C=O) groups is 1. The highest BCUT2D eigenvalue weighted by Crippen LogP contribution is 2.21. The molecule has 0 saturated carbocycles. The number of anilines is 2. The summed E-state index contributed by atoms with van der Waals surface area (Å²) < 4.78 is 5.31. The van der Waals surface area contributed by atoms with Gasteiger partial charge in [0.25, 0.3) is 5.91 Å². The van der Waals surface area contributed by atoms with E-state index in [1.165, 1.54) is 0 Å². The molecular weight excluding hydrogens is 254 g/mol. The lowest BCUT2D eigenvalue weighted by molar-refractivity contribution is 0.0963. The number of rotatable bonds is 5. The second-order valence-corrected chi connectivity index (χ2v) is 4.71. The molecule has 1 unspecified atom stereocenters. The maximum Gasteiger partial charge on any atom is 0.251 e. The van der Waals surface area contributed by atoms with Gasteiger partial charge in [0, 0.05) is 25.1 Å². The van der Waals surface area contributed by atoms with Gasteiger partial charge in [0.15, 0.2) is 0 Å². The number of nitrogens with one attached hydrogen (secondary N) is 2. The van der Waals surface area contributed by atoms with E-state index in [2.05, 4.69) is 17.6 Å². The van der Waals surface area contributed by atoms with Gasteiger partial charge in [0.1, 0.15) is 5.76 Å². The van der Waals surface area contributed by atoms with E-state index in [1.54, 1.807) is 25.4 Å². The standard InChI is InChI=1S/C15H19N3O2/c1-10(8-12-4-3-7-20-12)18-14-6-5-11(9-13(14)16)15(19)17-2/h3-7,9-10,18H,8,16H2,1-2H3,(H,17,19). The predicted octanol–water partition coefficient (Wildman–Crippen LogP) is 2.26. The number of furan rings is 1. The summed E-state index contributed by atoms with van der Waals surface area (Å²) in [7, 11) is 1.59. The number of hydrogen-bond donors (Lipinski definition) is 3. The molecule has 0 aliphatic carbocycles. The topological polar surface area (TPSA) is 80.3 Å².